The van der Waals surface area contributed by atoms with E-state index in [4.69, 9.17) is 0 Å². The zero-order valence-corrected chi connectivity index (χ0v) is 11.2. The molecular formula is C10H30N2O2. The van der Waals surface area contributed by atoms with E-state index in [1.807, 2.05) is 28.1 Å². The van der Waals surface area contributed by atoms with Crippen molar-refractivity contribution in [2.75, 3.05) is 55.6 Å². The molecule has 0 radical (unpaired) electrons. The first-order valence-electron chi connectivity index (χ1n) is 4.78. The minimum atomic E-state index is 0.819. The van der Waals surface area contributed by atoms with Crippen molar-refractivity contribution >= 4 is 0 Å². The summed E-state index contributed by atoms with van der Waals surface area (Å²) in [5, 5.41) is 5.68. The largest absolute Gasteiger partial charge is 0.388 e. The van der Waals surface area contributed by atoms with Gasteiger partial charge in [0.1, 0.15) is 0 Å². The Morgan fingerprint density at radius 3 is 1.07 bits per heavy atom. The van der Waals surface area contributed by atoms with Crippen LogP contribution < -0.4 is 10.6 Å². The maximum absolute atomic E-state index is 4.54. The summed E-state index contributed by atoms with van der Waals surface area (Å²) in [7, 11) is 10.6. The molecule has 92 valence electrons. The van der Waals surface area contributed by atoms with E-state index in [-0.39, 0.29) is 0 Å². The van der Waals surface area contributed by atoms with Crippen LogP contribution in [-0.4, -0.2) is 55.6 Å². The third-order valence-corrected chi connectivity index (χ3v) is 0.642. The van der Waals surface area contributed by atoms with E-state index in [9.17, 15) is 0 Å². The fraction of sp³-hybridized carbons (Fsp3) is 1.00. The lowest BCUT2D eigenvalue weighted by Gasteiger charge is -1.76. The minimum absolute atomic E-state index is 0.819. The predicted molar refractivity (Wildman–Crippen MR) is 65.1 cm³/mol. The molecule has 0 saturated heterocycles. The molecule has 4 heteroatoms. The molecule has 0 unspecified atom stereocenters. The smallest absolute Gasteiger partial charge is 0.0433 e. The van der Waals surface area contributed by atoms with E-state index in [1.54, 1.807) is 21.3 Å². The molecule has 0 aromatic rings. The van der Waals surface area contributed by atoms with Crippen molar-refractivity contribution in [1.29, 1.82) is 0 Å². The van der Waals surface area contributed by atoms with Gasteiger partial charge in [0.25, 0.3) is 0 Å². The van der Waals surface area contributed by atoms with Gasteiger partial charge in [-0.25, -0.2) is 0 Å². The summed E-state index contributed by atoms with van der Waals surface area (Å²) >= 11 is 0. The SMILES string of the molecule is CCNC.CCOC.CNC.COC. The van der Waals surface area contributed by atoms with E-state index in [2.05, 4.69) is 27.0 Å². The Morgan fingerprint density at radius 2 is 1.07 bits per heavy atom. The summed E-state index contributed by atoms with van der Waals surface area (Å²) in [5.74, 6) is 0. The molecular weight excluding hydrogens is 180 g/mol. The minimum Gasteiger partial charge on any atom is -0.388 e. The molecule has 4 nitrogen and oxygen atoms in total. The van der Waals surface area contributed by atoms with Crippen LogP contribution in [0.2, 0.25) is 0 Å². The van der Waals surface area contributed by atoms with Crippen LogP contribution in [0, 0.1) is 0 Å². The molecule has 0 aromatic heterocycles. The van der Waals surface area contributed by atoms with Gasteiger partial charge in [-0.15, -0.1) is 0 Å². The lowest BCUT2D eigenvalue weighted by molar-refractivity contribution is 0.215. The van der Waals surface area contributed by atoms with E-state index >= 15 is 0 Å². The number of hydrogen-bond donors (Lipinski definition) is 2. The second-order valence-corrected chi connectivity index (χ2v) is 2.19. The van der Waals surface area contributed by atoms with Gasteiger partial charge >= 0.3 is 0 Å². The summed E-state index contributed by atoms with van der Waals surface area (Å²) in [5.41, 5.74) is 0. The average molecular weight is 210 g/mol. The summed E-state index contributed by atoms with van der Waals surface area (Å²) in [4.78, 5) is 0. The van der Waals surface area contributed by atoms with Crippen LogP contribution in [0.25, 0.3) is 0 Å². The molecule has 0 saturated carbocycles. The van der Waals surface area contributed by atoms with Gasteiger partial charge in [-0.2, -0.15) is 0 Å². The Hall–Kier alpha value is -0.160. The van der Waals surface area contributed by atoms with Gasteiger partial charge < -0.3 is 20.1 Å². The number of rotatable bonds is 2. The molecule has 0 aromatic carbocycles. The Kier molecular flexibility index (Phi) is 88.8. The van der Waals surface area contributed by atoms with Gasteiger partial charge in [0.2, 0.25) is 0 Å². The number of hydrogen-bond acceptors (Lipinski definition) is 4. The zero-order valence-electron chi connectivity index (χ0n) is 11.2. The van der Waals surface area contributed by atoms with Crippen molar-refractivity contribution in [3.05, 3.63) is 0 Å². The first-order valence-corrected chi connectivity index (χ1v) is 4.78. The third-order valence-electron chi connectivity index (χ3n) is 0.642. The molecule has 0 fully saturated rings. The molecule has 14 heavy (non-hydrogen) atoms. The van der Waals surface area contributed by atoms with Crippen LogP contribution in [-0.2, 0) is 9.47 Å². The van der Waals surface area contributed by atoms with E-state index < -0.39 is 0 Å². The van der Waals surface area contributed by atoms with Crippen molar-refractivity contribution in [3.8, 4) is 0 Å². The Balaban J connectivity index is -0.0000000482. The highest BCUT2D eigenvalue weighted by Crippen LogP contribution is 1.52. The van der Waals surface area contributed by atoms with Gasteiger partial charge in [0.05, 0.1) is 0 Å². The van der Waals surface area contributed by atoms with Crippen LogP contribution in [0.3, 0.4) is 0 Å². The maximum Gasteiger partial charge on any atom is 0.0433 e. The maximum atomic E-state index is 4.54. The van der Waals surface area contributed by atoms with E-state index in [0.717, 1.165) is 13.2 Å². The fourth-order valence-electron chi connectivity index (χ4n) is 0. The quantitative estimate of drug-likeness (QED) is 0.713. The molecule has 0 spiro atoms. The topological polar surface area (TPSA) is 42.5 Å². The first kappa shape index (κ1) is 23.6. The highest BCUT2D eigenvalue weighted by Gasteiger charge is 1.51. The molecule has 0 rings (SSSR count). The molecule has 0 aliphatic heterocycles. The molecule has 0 atom stereocenters. The van der Waals surface area contributed by atoms with Gasteiger partial charge in [-0.05, 0) is 34.6 Å². The van der Waals surface area contributed by atoms with Crippen LogP contribution in [0.1, 0.15) is 13.8 Å². The first-order chi connectivity index (χ1) is 6.66. The molecule has 0 amide bonds. The summed E-state index contributed by atoms with van der Waals surface area (Å²) < 4.78 is 8.79. The third kappa shape index (κ3) is 411. The Labute approximate surface area is 90.4 Å². The van der Waals surface area contributed by atoms with Gasteiger partial charge in [-0.3, -0.25) is 0 Å². The highest BCUT2D eigenvalue weighted by atomic mass is 16.5. The number of methoxy groups -OCH3 is 2. The Bertz CT molecular complexity index is 37.1. The fourth-order valence-corrected chi connectivity index (χ4v) is 0. The highest BCUT2D eigenvalue weighted by molar-refractivity contribution is 4.15. The number of nitrogens with one attached hydrogen (secondary N) is 2. The van der Waals surface area contributed by atoms with Gasteiger partial charge in [0.15, 0.2) is 0 Å². The van der Waals surface area contributed by atoms with E-state index in [0.29, 0.717) is 0 Å². The van der Waals surface area contributed by atoms with Crippen molar-refractivity contribution in [1.82, 2.24) is 10.6 Å². The summed E-state index contributed by atoms with van der Waals surface area (Å²) in [6, 6.07) is 0. The molecule has 2 N–H and O–H groups in total. The molecule has 0 heterocycles. The van der Waals surface area contributed by atoms with E-state index in [1.165, 1.54) is 0 Å². The normalized spacial score (nSPS) is 6.86. The molecule has 0 aliphatic rings. The summed E-state index contributed by atoms with van der Waals surface area (Å²) in [6.07, 6.45) is 0. The lowest BCUT2D eigenvalue weighted by atomic mass is 10.8. The standard InChI is InChI=1S/C3H9N.C3H8O.C2H7N.C2H6O/c2*1-3-4-2;2*1-3-2/h4H,3H2,1-2H3;3H2,1-2H3;3H,1-2H3;1-2H3. The Morgan fingerprint density at radius 1 is 0.929 bits per heavy atom. The average Bonchev–Trinajstić information content (AvgIpc) is 2.20. The van der Waals surface area contributed by atoms with Crippen LogP contribution in [0.5, 0.6) is 0 Å². The monoisotopic (exact) mass is 210 g/mol. The molecule has 0 bridgehead atoms. The molecule has 0 aliphatic carbocycles. The zero-order chi connectivity index (χ0) is 12.2. The predicted octanol–water partition coefficient (Wildman–Crippen LogP) is 0.977. The summed E-state index contributed by atoms with van der Waals surface area (Å²) in [6.45, 7) is 5.92. The van der Waals surface area contributed by atoms with Crippen molar-refractivity contribution in [3.63, 3.8) is 0 Å². The van der Waals surface area contributed by atoms with Crippen LogP contribution in [0.15, 0.2) is 0 Å². The lowest BCUT2D eigenvalue weighted by Crippen LogP contribution is -2.01. The van der Waals surface area contributed by atoms with Gasteiger partial charge in [-0.1, -0.05) is 6.92 Å². The van der Waals surface area contributed by atoms with Crippen LogP contribution in [0.4, 0.5) is 0 Å². The number of ether oxygens (including phenoxy) is 2. The second-order valence-electron chi connectivity index (χ2n) is 2.19. The van der Waals surface area contributed by atoms with Crippen molar-refractivity contribution in [2.45, 2.75) is 13.8 Å². The van der Waals surface area contributed by atoms with Crippen molar-refractivity contribution in [2.24, 2.45) is 0 Å². The van der Waals surface area contributed by atoms with Crippen molar-refractivity contribution < 1.29 is 9.47 Å². The van der Waals surface area contributed by atoms with Gasteiger partial charge in [0, 0.05) is 27.9 Å². The van der Waals surface area contributed by atoms with Crippen LogP contribution >= 0.6 is 0 Å². The second kappa shape index (κ2) is 52.8.